The van der Waals surface area contributed by atoms with E-state index in [2.05, 4.69) is 34.6 Å². The maximum atomic E-state index is 12.9. The van der Waals surface area contributed by atoms with Gasteiger partial charge in [-0.2, -0.15) is 5.10 Å². The highest BCUT2D eigenvalue weighted by Crippen LogP contribution is 2.21. The van der Waals surface area contributed by atoms with E-state index in [-0.39, 0.29) is 29.1 Å². The van der Waals surface area contributed by atoms with Crippen molar-refractivity contribution in [1.82, 2.24) is 20.4 Å². The first kappa shape index (κ1) is 19.8. The Labute approximate surface area is 164 Å². The molecule has 3 rings (SSSR count). The van der Waals surface area contributed by atoms with Gasteiger partial charge in [-0.3, -0.25) is 14.4 Å². The molecule has 7 heteroatoms. The van der Waals surface area contributed by atoms with Crippen LogP contribution in [0, 0.1) is 0 Å². The number of amides is 2. The van der Waals surface area contributed by atoms with E-state index in [4.69, 9.17) is 0 Å². The van der Waals surface area contributed by atoms with Gasteiger partial charge >= 0.3 is 0 Å². The van der Waals surface area contributed by atoms with Gasteiger partial charge in [-0.15, -0.1) is 0 Å². The SMILES string of the molecule is CCc1ccc(C(C)NC(=O)C2CCCCN2C(=O)c2ccc(=O)[nH]n2)cc1. The van der Waals surface area contributed by atoms with Gasteiger partial charge in [0.25, 0.3) is 11.5 Å². The molecule has 2 aromatic rings. The Morgan fingerprint density at radius 1 is 1.21 bits per heavy atom. The van der Waals surface area contributed by atoms with Crippen molar-refractivity contribution in [2.45, 2.75) is 51.6 Å². The fourth-order valence-electron chi connectivity index (χ4n) is 3.49. The van der Waals surface area contributed by atoms with Gasteiger partial charge < -0.3 is 10.2 Å². The van der Waals surface area contributed by atoms with Crippen molar-refractivity contribution in [2.75, 3.05) is 6.54 Å². The lowest BCUT2D eigenvalue weighted by Crippen LogP contribution is -2.52. The number of nitrogens with zero attached hydrogens (tertiary/aromatic N) is 2. The Hall–Kier alpha value is -2.96. The Balaban J connectivity index is 1.71. The summed E-state index contributed by atoms with van der Waals surface area (Å²) in [4.78, 5) is 38.5. The van der Waals surface area contributed by atoms with Crippen LogP contribution in [0.25, 0.3) is 0 Å². The molecule has 1 saturated heterocycles. The van der Waals surface area contributed by atoms with E-state index in [9.17, 15) is 14.4 Å². The number of aromatic nitrogens is 2. The molecule has 1 aromatic heterocycles. The fraction of sp³-hybridized carbons (Fsp3) is 0.429. The third-order valence-corrected chi connectivity index (χ3v) is 5.21. The van der Waals surface area contributed by atoms with Crippen LogP contribution < -0.4 is 10.9 Å². The van der Waals surface area contributed by atoms with Crippen LogP contribution in [0.5, 0.6) is 0 Å². The Morgan fingerprint density at radius 2 is 1.96 bits per heavy atom. The molecule has 148 valence electrons. The van der Waals surface area contributed by atoms with Crippen LogP contribution >= 0.6 is 0 Å². The minimum Gasteiger partial charge on any atom is -0.348 e. The third kappa shape index (κ3) is 4.47. The van der Waals surface area contributed by atoms with Gasteiger partial charge in [0.15, 0.2) is 0 Å². The molecule has 0 radical (unpaired) electrons. The van der Waals surface area contributed by atoms with Crippen molar-refractivity contribution in [1.29, 1.82) is 0 Å². The second-order valence-electron chi connectivity index (χ2n) is 7.14. The van der Waals surface area contributed by atoms with E-state index in [1.54, 1.807) is 4.90 Å². The Kier molecular flexibility index (Phi) is 6.23. The molecule has 1 aliphatic heterocycles. The second-order valence-corrected chi connectivity index (χ2v) is 7.14. The molecule has 1 aromatic carbocycles. The Morgan fingerprint density at radius 3 is 2.61 bits per heavy atom. The molecule has 2 heterocycles. The average molecular weight is 382 g/mol. The van der Waals surface area contributed by atoms with Gasteiger partial charge in [0.1, 0.15) is 11.7 Å². The normalized spacial score (nSPS) is 17.8. The summed E-state index contributed by atoms with van der Waals surface area (Å²) in [6.45, 7) is 4.54. The molecule has 2 amide bonds. The van der Waals surface area contributed by atoms with E-state index in [0.29, 0.717) is 13.0 Å². The highest BCUT2D eigenvalue weighted by molar-refractivity contribution is 5.96. The number of H-pyrrole nitrogens is 1. The zero-order valence-corrected chi connectivity index (χ0v) is 16.3. The number of hydrogen-bond donors (Lipinski definition) is 2. The number of hydrogen-bond acceptors (Lipinski definition) is 4. The highest BCUT2D eigenvalue weighted by Gasteiger charge is 2.33. The fourth-order valence-corrected chi connectivity index (χ4v) is 3.49. The first-order valence-corrected chi connectivity index (χ1v) is 9.75. The van der Waals surface area contributed by atoms with Crippen LogP contribution in [-0.4, -0.2) is 39.5 Å². The van der Waals surface area contributed by atoms with Gasteiger partial charge in [0.05, 0.1) is 6.04 Å². The lowest BCUT2D eigenvalue weighted by Gasteiger charge is -2.35. The summed E-state index contributed by atoms with van der Waals surface area (Å²) >= 11 is 0. The largest absolute Gasteiger partial charge is 0.348 e. The minimum atomic E-state index is -0.535. The summed E-state index contributed by atoms with van der Waals surface area (Å²) in [5.41, 5.74) is 2.05. The summed E-state index contributed by atoms with van der Waals surface area (Å²) in [6.07, 6.45) is 3.31. The van der Waals surface area contributed by atoms with Crippen LogP contribution in [0.3, 0.4) is 0 Å². The zero-order chi connectivity index (χ0) is 20.1. The van der Waals surface area contributed by atoms with Gasteiger partial charge in [-0.1, -0.05) is 31.2 Å². The molecule has 2 N–H and O–H groups in total. The van der Waals surface area contributed by atoms with Crippen LogP contribution in [0.2, 0.25) is 0 Å². The van der Waals surface area contributed by atoms with Gasteiger partial charge in [0, 0.05) is 12.6 Å². The summed E-state index contributed by atoms with van der Waals surface area (Å²) in [6, 6.07) is 10.2. The predicted octanol–water partition coefficient (Wildman–Crippen LogP) is 2.20. The number of aryl methyl sites for hydroxylation is 1. The molecule has 0 aliphatic carbocycles. The summed E-state index contributed by atoms with van der Waals surface area (Å²) in [5.74, 6) is -0.499. The molecular formula is C21H26N4O3. The summed E-state index contributed by atoms with van der Waals surface area (Å²) in [7, 11) is 0. The number of likely N-dealkylation sites (tertiary alicyclic amines) is 1. The number of benzene rings is 1. The van der Waals surface area contributed by atoms with Crippen molar-refractivity contribution in [2.24, 2.45) is 0 Å². The maximum Gasteiger partial charge on any atom is 0.274 e. The van der Waals surface area contributed by atoms with Crippen molar-refractivity contribution in [3.63, 3.8) is 0 Å². The average Bonchev–Trinajstić information content (AvgIpc) is 2.73. The number of aromatic amines is 1. The van der Waals surface area contributed by atoms with Gasteiger partial charge in [-0.25, -0.2) is 5.10 Å². The first-order valence-electron chi connectivity index (χ1n) is 9.75. The summed E-state index contributed by atoms with van der Waals surface area (Å²) in [5, 5.41) is 9.12. The summed E-state index contributed by atoms with van der Waals surface area (Å²) < 4.78 is 0. The van der Waals surface area contributed by atoms with E-state index in [1.165, 1.54) is 17.7 Å². The van der Waals surface area contributed by atoms with Crippen molar-refractivity contribution in [3.05, 3.63) is 63.6 Å². The predicted molar refractivity (Wildman–Crippen MR) is 106 cm³/mol. The molecular weight excluding hydrogens is 356 g/mol. The quantitative estimate of drug-likeness (QED) is 0.829. The van der Waals surface area contributed by atoms with Gasteiger partial charge in [0.2, 0.25) is 5.91 Å². The lowest BCUT2D eigenvalue weighted by atomic mass is 9.99. The molecule has 1 aliphatic rings. The third-order valence-electron chi connectivity index (χ3n) is 5.21. The van der Waals surface area contributed by atoms with E-state index < -0.39 is 6.04 Å². The standard InChI is InChI=1S/C21H26N4O3/c1-3-15-7-9-16(10-8-15)14(2)22-20(27)18-6-4-5-13-25(18)21(28)17-11-12-19(26)24-23-17/h7-12,14,18H,3-6,13H2,1-2H3,(H,22,27)(H,24,26). The molecule has 2 unspecified atom stereocenters. The Bertz CT molecular complexity index is 871. The van der Waals surface area contributed by atoms with Gasteiger partial charge in [-0.05, 0) is 49.8 Å². The van der Waals surface area contributed by atoms with E-state index in [1.807, 2.05) is 19.1 Å². The number of carbonyl (C=O) groups is 2. The van der Waals surface area contributed by atoms with E-state index >= 15 is 0 Å². The highest BCUT2D eigenvalue weighted by atomic mass is 16.2. The van der Waals surface area contributed by atoms with Crippen LogP contribution in [-0.2, 0) is 11.2 Å². The van der Waals surface area contributed by atoms with E-state index in [0.717, 1.165) is 24.8 Å². The van der Waals surface area contributed by atoms with Crippen molar-refractivity contribution in [3.8, 4) is 0 Å². The topological polar surface area (TPSA) is 95.2 Å². The number of rotatable bonds is 5. The number of nitrogens with one attached hydrogen (secondary N) is 2. The smallest absolute Gasteiger partial charge is 0.274 e. The number of piperidine rings is 1. The van der Waals surface area contributed by atoms with Crippen LogP contribution in [0.15, 0.2) is 41.2 Å². The van der Waals surface area contributed by atoms with Crippen molar-refractivity contribution >= 4 is 11.8 Å². The van der Waals surface area contributed by atoms with Crippen LogP contribution in [0.1, 0.15) is 60.8 Å². The maximum absolute atomic E-state index is 12.9. The lowest BCUT2D eigenvalue weighted by molar-refractivity contribution is -0.127. The second kappa shape index (κ2) is 8.82. The first-order chi connectivity index (χ1) is 13.5. The van der Waals surface area contributed by atoms with Crippen LogP contribution in [0.4, 0.5) is 0 Å². The molecule has 28 heavy (non-hydrogen) atoms. The number of carbonyl (C=O) groups excluding carboxylic acids is 2. The molecule has 0 saturated carbocycles. The molecule has 0 spiro atoms. The molecule has 2 atom stereocenters. The zero-order valence-electron chi connectivity index (χ0n) is 16.3. The molecule has 0 bridgehead atoms. The monoisotopic (exact) mass is 382 g/mol. The molecule has 1 fully saturated rings. The van der Waals surface area contributed by atoms with Crippen molar-refractivity contribution < 1.29 is 9.59 Å². The minimum absolute atomic E-state index is 0.141. The molecule has 7 nitrogen and oxygen atoms in total.